The lowest BCUT2D eigenvalue weighted by Gasteiger charge is -2.26. The molecule has 0 aliphatic carbocycles. The van der Waals surface area contributed by atoms with E-state index in [1.54, 1.807) is 0 Å². The largest absolute Gasteiger partial charge is 0.355 e. The second-order valence-corrected chi connectivity index (χ2v) is 5.18. The fourth-order valence-corrected chi connectivity index (χ4v) is 1.97. The van der Waals surface area contributed by atoms with Gasteiger partial charge in [-0.25, -0.2) is 0 Å². The van der Waals surface area contributed by atoms with Crippen molar-refractivity contribution in [3.63, 3.8) is 0 Å². The minimum atomic E-state index is -0.0973. The van der Waals surface area contributed by atoms with Crippen LogP contribution in [0.5, 0.6) is 0 Å². The topological polar surface area (TPSA) is 41.1 Å². The lowest BCUT2D eigenvalue weighted by Crippen LogP contribution is -2.44. The van der Waals surface area contributed by atoms with Gasteiger partial charge in [-0.2, -0.15) is 0 Å². The average molecular weight is 228 g/mol. The van der Waals surface area contributed by atoms with Gasteiger partial charge in [0, 0.05) is 6.54 Å². The van der Waals surface area contributed by atoms with Crippen molar-refractivity contribution in [3.8, 4) is 0 Å². The number of rotatable bonds is 7. The number of carbonyl (C=O) groups is 1. The molecule has 0 heterocycles. The molecule has 0 rings (SSSR count). The highest BCUT2D eigenvalue weighted by atomic mass is 16.2. The molecule has 0 fully saturated rings. The molecule has 0 aromatic rings. The molecular weight excluding hydrogens is 200 g/mol. The van der Waals surface area contributed by atoms with Crippen LogP contribution in [-0.2, 0) is 4.79 Å². The van der Waals surface area contributed by atoms with Crippen molar-refractivity contribution >= 4 is 5.91 Å². The van der Waals surface area contributed by atoms with Gasteiger partial charge in [0.05, 0.1) is 6.04 Å². The minimum absolute atomic E-state index is 0.0914. The Balaban J connectivity index is 4.05. The maximum absolute atomic E-state index is 11.5. The Morgan fingerprint density at radius 2 is 1.56 bits per heavy atom. The van der Waals surface area contributed by atoms with Crippen molar-refractivity contribution in [2.24, 2.45) is 17.8 Å². The summed E-state index contributed by atoms with van der Waals surface area (Å²) in [5, 5.41) is 6.14. The normalized spacial score (nSPS) is 13.6. The highest BCUT2D eigenvalue weighted by molar-refractivity contribution is 5.81. The summed E-state index contributed by atoms with van der Waals surface area (Å²) in [7, 11) is 0. The molecule has 1 atom stereocenters. The third-order valence-corrected chi connectivity index (χ3v) is 3.12. The predicted octanol–water partition coefficient (Wildman–Crippen LogP) is 2.03. The Labute approximate surface area is 100 Å². The average Bonchev–Trinajstić information content (AvgIpc) is 2.16. The molecule has 0 saturated carbocycles. The highest BCUT2D eigenvalue weighted by Gasteiger charge is 2.19. The number of amides is 1. The first-order valence-electron chi connectivity index (χ1n) is 6.41. The highest BCUT2D eigenvalue weighted by Crippen LogP contribution is 2.19. The fraction of sp³-hybridized carbons (Fsp3) is 0.923. The van der Waals surface area contributed by atoms with Gasteiger partial charge in [0.2, 0.25) is 5.91 Å². The van der Waals surface area contributed by atoms with E-state index in [-0.39, 0.29) is 11.9 Å². The Bertz CT molecular complexity index is 194. The van der Waals surface area contributed by atoms with Crippen LogP contribution in [0.15, 0.2) is 0 Å². The SMILES string of the molecule is CCNC(=O)C(C)NCC(C(C)C)C(C)C. The van der Waals surface area contributed by atoms with Crippen molar-refractivity contribution in [1.29, 1.82) is 0 Å². The summed E-state index contributed by atoms with van der Waals surface area (Å²) in [5.74, 6) is 2.01. The summed E-state index contributed by atoms with van der Waals surface area (Å²) in [4.78, 5) is 11.5. The summed E-state index contributed by atoms with van der Waals surface area (Å²) < 4.78 is 0. The quantitative estimate of drug-likeness (QED) is 0.700. The number of hydrogen-bond donors (Lipinski definition) is 2. The van der Waals surface area contributed by atoms with Crippen molar-refractivity contribution in [1.82, 2.24) is 10.6 Å². The van der Waals surface area contributed by atoms with Gasteiger partial charge in [-0.15, -0.1) is 0 Å². The molecule has 0 aromatic heterocycles. The van der Waals surface area contributed by atoms with E-state index in [1.807, 2.05) is 13.8 Å². The molecule has 96 valence electrons. The first-order valence-corrected chi connectivity index (χ1v) is 6.41. The van der Waals surface area contributed by atoms with E-state index in [0.717, 1.165) is 6.54 Å². The van der Waals surface area contributed by atoms with Crippen molar-refractivity contribution in [2.45, 2.75) is 47.6 Å². The van der Waals surface area contributed by atoms with Crippen LogP contribution >= 0.6 is 0 Å². The smallest absolute Gasteiger partial charge is 0.236 e. The van der Waals surface area contributed by atoms with Gasteiger partial charge in [-0.3, -0.25) is 4.79 Å². The Morgan fingerprint density at radius 3 is 1.94 bits per heavy atom. The zero-order valence-corrected chi connectivity index (χ0v) is 11.6. The molecule has 1 unspecified atom stereocenters. The lowest BCUT2D eigenvalue weighted by atomic mass is 9.85. The maximum atomic E-state index is 11.5. The summed E-state index contributed by atoms with van der Waals surface area (Å²) in [5.41, 5.74) is 0. The van der Waals surface area contributed by atoms with Crippen molar-refractivity contribution in [2.75, 3.05) is 13.1 Å². The fourth-order valence-electron chi connectivity index (χ4n) is 1.97. The molecule has 16 heavy (non-hydrogen) atoms. The van der Waals surface area contributed by atoms with Gasteiger partial charge in [0.25, 0.3) is 0 Å². The summed E-state index contributed by atoms with van der Waals surface area (Å²) >= 11 is 0. The zero-order chi connectivity index (χ0) is 12.7. The summed E-state index contributed by atoms with van der Waals surface area (Å²) in [6.07, 6.45) is 0. The maximum Gasteiger partial charge on any atom is 0.236 e. The van der Waals surface area contributed by atoms with Gasteiger partial charge in [0.1, 0.15) is 0 Å². The van der Waals surface area contributed by atoms with Crippen LogP contribution in [0.4, 0.5) is 0 Å². The van der Waals surface area contributed by atoms with E-state index in [1.165, 1.54) is 0 Å². The second-order valence-electron chi connectivity index (χ2n) is 5.18. The van der Waals surface area contributed by atoms with Crippen LogP contribution in [0.3, 0.4) is 0 Å². The van der Waals surface area contributed by atoms with Gasteiger partial charge in [0.15, 0.2) is 0 Å². The molecule has 3 nitrogen and oxygen atoms in total. The van der Waals surface area contributed by atoms with E-state index < -0.39 is 0 Å². The molecule has 0 radical (unpaired) electrons. The second kappa shape index (κ2) is 7.66. The van der Waals surface area contributed by atoms with E-state index in [2.05, 4.69) is 38.3 Å². The monoisotopic (exact) mass is 228 g/mol. The lowest BCUT2D eigenvalue weighted by molar-refractivity contribution is -0.122. The van der Waals surface area contributed by atoms with Crippen LogP contribution < -0.4 is 10.6 Å². The Morgan fingerprint density at radius 1 is 1.06 bits per heavy atom. The molecule has 0 saturated heterocycles. The predicted molar refractivity (Wildman–Crippen MR) is 69.3 cm³/mol. The van der Waals surface area contributed by atoms with Gasteiger partial charge < -0.3 is 10.6 Å². The van der Waals surface area contributed by atoms with E-state index in [9.17, 15) is 4.79 Å². The third-order valence-electron chi connectivity index (χ3n) is 3.12. The van der Waals surface area contributed by atoms with Gasteiger partial charge in [-0.05, 0) is 38.1 Å². The number of nitrogens with one attached hydrogen (secondary N) is 2. The van der Waals surface area contributed by atoms with E-state index in [4.69, 9.17) is 0 Å². The van der Waals surface area contributed by atoms with Crippen LogP contribution in [0.1, 0.15) is 41.5 Å². The van der Waals surface area contributed by atoms with Gasteiger partial charge in [-0.1, -0.05) is 27.7 Å². The van der Waals surface area contributed by atoms with E-state index >= 15 is 0 Å². The summed E-state index contributed by atoms with van der Waals surface area (Å²) in [6, 6.07) is -0.0973. The standard InChI is InChI=1S/C13H28N2O/c1-7-14-13(16)11(6)15-8-12(9(2)3)10(4)5/h9-12,15H,7-8H2,1-6H3,(H,14,16). The van der Waals surface area contributed by atoms with E-state index in [0.29, 0.717) is 24.3 Å². The Hall–Kier alpha value is -0.570. The Kier molecular flexibility index (Phi) is 7.39. The number of hydrogen-bond acceptors (Lipinski definition) is 2. The molecule has 0 aromatic carbocycles. The number of likely N-dealkylation sites (N-methyl/N-ethyl adjacent to an activating group) is 1. The van der Waals surface area contributed by atoms with Crippen LogP contribution in [0, 0.1) is 17.8 Å². The molecule has 2 N–H and O–H groups in total. The summed E-state index contributed by atoms with van der Waals surface area (Å²) in [6.45, 7) is 14.4. The molecule has 0 aliphatic rings. The third kappa shape index (κ3) is 5.50. The van der Waals surface area contributed by atoms with Crippen LogP contribution in [0.25, 0.3) is 0 Å². The number of carbonyl (C=O) groups excluding carboxylic acids is 1. The van der Waals surface area contributed by atoms with Crippen molar-refractivity contribution < 1.29 is 4.79 Å². The molecule has 3 heteroatoms. The zero-order valence-electron chi connectivity index (χ0n) is 11.6. The molecule has 0 aliphatic heterocycles. The van der Waals surface area contributed by atoms with Crippen LogP contribution in [0.2, 0.25) is 0 Å². The minimum Gasteiger partial charge on any atom is -0.355 e. The molecule has 0 spiro atoms. The molecule has 0 bridgehead atoms. The van der Waals surface area contributed by atoms with Gasteiger partial charge >= 0.3 is 0 Å². The first-order chi connectivity index (χ1) is 7.40. The van der Waals surface area contributed by atoms with Crippen LogP contribution in [-0.4, -0.2) is 25.0 Å². The van der Waals surface area contributed by atoms with Crippen molar-refractivity contribution in [3.05, 3.63) is 0 Å². The first kappa shape index (κ1) is 15.4. The molecular formula is C13H28N2O. The molecule has 1 amide bonds.